The molecule has 0 aliphatic rings. The second kappa shape index (κ2) is 6.56. The Balaban J connectivity index is 1.95. The highest BCUT2D eigenvalue weighted by atomic mass is 19.3. The third kappa shape index (κ3) is 3.60. The minimum Gasteiger partial charge on any atom is -0.379 e. The van der Waals surface area contributed by atoms with E-state index in [1.807, 2.05) is 13.8 Å². The molecule has 0 aromatic carbocycles. The van der Waals surface area contributed by atoms with E-state index < -0.39 is 12.2 Å². The van der Waals surface area contributed by atoms with Gasteiger partial charge in [0, 0.05) is 13.2 Å². The van der Waals surface area contributed by atoms with Crippen LogP contribution in [0.1, 0.15) is 32.5 Å². The number of hydrogen-bond acceptors (Lipinski definition) is 5. The molecule has 0 aliphatic heterocycles. The van der Waals surface area contributed by atoms with Crippen LogP contribution < -0.4 is 5.32 Å². The lowest BCUT2D eigenvalue weighted by Gasteiger charge is -2.08. The molecule has 2 heterocycles. The zero-order valence-electron chi connectivity index (χ0n) is 11.4. The molecule has 0 unspecified atom stereocenters. The molecule has 6 nitrogen and oxygen atoms in total. The van der Waals surface area contributed by atoms with Crippen molar-refractivity contribution in [2.24, 2.45) is 0 Å². The molecule has 0 fully saturated rings. The fourth-order valence-corrected chi connectivity index (χ4v) is 1.64. The molecule has 0 saturated heterocycles. The van der Waals surface area contributed by atoms with Crippen molar-refractivity contribution >= 4 is 11.5 Å². The maximum Gasteiger partial charge on any atom is 0.299 e. The molecule has 2 aromatic rings. The molecular formula is C12H17F2N5O. The lowest BCUT2D eigenvalue weighted by molar-refractivity contribution is 0.0787. The van der Waals surface area contributed by atoms with Crippen LogP contribution >= 0.6 is 0 Å². The van der Waals surface area contributed by atoms with Gasteiger partial charge in [-0.15, -0.1) is 15.3 Å². The van der Waals surface area contributed by atoms with Gasteiger partial charge in [0.2, 0.25) is 5.82 Å². The molecule has 20 heavy (non-hydrogen) atoms. The summed E-state index contributed by atoms with van der Waals surface area (Å²) in [6.07, 6.45) is -1.69. The SMILES string of the molecule is CC(C)OCCCNc1ccc2nnc(C(F)F)n2n1. The van der Waals surface area contributed by atoms with E-state index in [4.69, 9.17) is 4.74 Å². The summed E-state index contributed by atoms with van der Waals surface area (Å²) in [4.78, 5) is 0. The maximum atomic E-state index is 12.7. The number of ether oxygens (including phenoxy) is 1. The summed E-state index contributed by atoms with van der Waals surface area (Å²) < 4.78 is 31.8. The van der Waals surface area contributed by atoms with Gasteiger partial charge in [0.1, 0.15) is 5.82 Å². The van der Waals surface area contributed by atoms with Crippen LogP contribution in [0.25, 0.3) is 5.65 Å². The molecule has 0 spiro atoms. The predicted molar refractivity (Wildman–Crippen MR) is 69.9 cm³/mol. The number of anilines is 1. The Morgan fingerprint density at radius 3 is 2.80 bits per heavy atom. The van der Waals surface area contributed by atoms with Gasteiger partial charge in [0.25, 0.3) is 6.43 Å². The minimum atomic E-state index is -2.70. The summed E-state index contributed by atoms with van der Waals surface area (Å²) in [6, 6.07) is 3.28. The van der Waals surface area contributed by atoms with Crippen LogP contribution in [0.3, 0.4) is 0 Å². The van der Waals surface area contributed by atoms with Crippen molar-refractivity contribution in [1.82, 2.24) is 19.8 Å². The average molecular weight is 285 g/mol. The number of rotatable bonds is 7. The highest BCUT2D eigenvalue weighted by molar-refractivity contribution is 5.43. The monoisotopic (exact) mass is 285 g/mol. The van der Waals surface area contributed by atoms with E-state index in [1.54, 1.807) is 12.1 Å². The van der Waals surface area contributed by atoms with Gasteiger partial charge >= 0.3 is 0 Å². The lowest BCUT2D eigenvalue weighted by Crippen LogP contribution is -2.11. The number of alkyl halides is 2. The zero-order valence-corrected chi connectivity index (χ0v) is 11.4. The third-order valence-electron chi connectivity index (χ3n) is 2.56. The summed E-state index contributed by atoms with van der Waals surface area (Å²) in [5.74, 6) is 0.0514. The van der Waals surface area contributed by atoms with E-state index in [0.29, 0.717) is 24.6 Å². The van der Waals surface area contributed by atoms with Crippen molar-refractivity contribution in [3.05, 3.63) is 18.0 Å². The molecule has 0 bridgehead atoms. The van der Waals surface area contributed by atoms with Crippen molar-refractivity contribution in [3.8, 4) is 0 Å². The largest absolute Gasteiger partial charge is 0.379 e. The summed E-state index contributed by atoms with van der Waals surface area (Å²) in [6.45, 7) is 5.24. The lowest BCUT2D eigenvalue weighted by atomic mass is 10.4. The Bertz CT molecular complexity index is 558. The highest BCUT2D eigenvalue weighted by Crippen LogP contribution is 2.17. The second-order valence-corrected chi connectivity index (χ2v) is 4.55. The molecule has 2 rings (SSSR count). The molecular weight excluding hydrogens is 268 g/mol. The first-order chi connectivity index (χ1) is 9.58. The topological polar surface area (TPSA) is 64.3 Å². The van der Waals surface area contributed by atoms with Gasteiger partial charge in [-0.1, -0.05) is 0 Å². The van der Waals surface area contributed by atoms with Crippen LogP contribution in [0.15, 0.2) is 12.1 Å². The molecule has 110 valence electrons. The van der Waals surface area contributed by atoms with Crippen LogP contribution in [0, 0.1) is 0 Å². The summed E-state index contributed by atoms with van der Waals surface area (Å²) in [7, 11) is 0. The number of nitrogens with one attached hydrogen (secondary N) is 1. The summed E-state index contributed by atoms with van der Waals surface area (Å²) >= 11 is 0. The minimum absolute atomic E-state index is 0.204. The van der Waals surface area contributed by atoms with E-state index in [1.165, 1.54) is 0 Å². The van der Waals surface area contributed by atoms with Crippen molar-refractivity contribution in [2.45, 2.75) is 32.8 Å². The molecule has 1 N–H and O–H groups in total. The first-order valence-electron chi connectivity index (χ1n) is 6.44. The Kier molecular flexibility index (Phi) is 4.78. The molecule has 8 heteroatoms. The quantitative estimate of drug-likeness (QED) is 0.791. The summed E-state index contributed by atoms with van der Waals surface area (Å²) in [5, 5.41) is 14.2. The normalized spacial score (nSPS) is 11.7. The van der Waals surface area contributed by atoms with Crippen molar-refractivity contribution in [1.29, 1.82) is 0 Å². The molecule has 0 radical (unpaired) electrons. The smallest absolute Gasteiger partial charge is 0.299 e. The first-order valence-corrected chi connectivity index (χ1v) is 6.44. The van der Waals surface area contributed by atoms with E-state index in [2.05, 4.69) is 20.6 Å². The molecule has 0 aliphatic carbocycles. The molecule has 0 saturated carbocycles. The number of halogens is 2. The summed E-state index contributed by atoms with van der Waals surface area (Å²) in [5.41, 5.74) is 0.300. The fraction of sp³-hybridized carbons (Fsp3) is 0.583. The van der Waals surface area contributed by atoms with Gasteiger partial charge in [-0.25, -0.2) is 8.78 Å². The average Bonchev–Trinajstić information content (AvgIpc) is 2.81. The maximum absolute atomic E-state index is 12.7. The Labute approximate surface area is 115 Å². The predicted octanol–water partition coefficient (Wildman–Crippen LogP) is 2.29. The molecule has 2 aromatic heterocycles. The van der Waals surface area contributed by atoms with Gasteiger partial charge in [-0.3, -0.25) is 0 Å². The van der Waals surface area contributed by atoms with E-state index in [-0.39, 0.29) is 6.10 Å². The van der Waals surface area contributed by atoms with Gasteiger partial charge in [-0.2, -0.15) is 4.52 Å². The number of hydrogen-bond donors (Lipinski definition) is 1. The van der Waals surface area contributed by atoms with Gasteiger partial charge < -0.3 is 10.1 Å². The second-order valence-electron chi connectivity index (χ2n) is 4.55. The van der Waals surface area contributed by atoms with E-state index in [9.17, 15) is 8.78 Å². The zero-order chi connectivity index (χ0) is 14.5. The Hall–Kier alpha value is -1.83. The number of nitrogens with zero attached hydrogens (tertiary/aromatic N) is 4. The van der Waals surface area contributed by atoms with Crippen LogP contribution in [-0.4, -0.2) is 39.1 Å². The van der Waals surface area contributed by atoms with Gasteiger partial charge in [0.15, 0.2) is 5.65 Å². The fourth-order valence-electron chi connectivity index (χ4n) is 1.64. The number of aromatic nitrogens is 4. The van der Waals surface area contributed by atoms with Crippen LogP contribution in [0.2, 0.25) is 0 Å². The van der Waals surface area contributed by atoms with Gasteiger partial charge in [0.05, 0.1) is 6.10 Å². The van der Waals surface area contributed by atoms with Crippen LogP contribution in [0.4, 0.5) is 14.6 Å². The molecule has 0 atom stereocenters. The molecule has 0 amide bonds. The number of fused-ring (bicyclic) bond motifs is 1. The van der Waals surface area contributed by atoms with Crippen LogP contribution in [-0.2, 0) is 4.74 Å². The van der Waals surface area contributed by atoms with Crippen molar-refractivity contribution in [3.63, 3.8) is 0 Å². The Morgan fingerprint density at radius 2 is 2.10 bits per heavy atom. The van der Waals surface area contributed by atoms with E-state index >= 15 is 0 Å². The highest BCUT2D eigenvalue weighted by Gasteiger charge is 2.16. The van der Waals surface area contributed by atoms with E-state index in [0.717, 1.165) is 10.9 Å². The first kappa shape index (κ1) is 14.6. The third-order valence-corrected chi connectivity index (χ3v) is 2.56. The van der Waals surface area contributed by atoms with Crippen LogP contribution in [0.5, 0.6) is 0 Å². The van der Waals surface area contributed by atoms with Crippen molar-refractivity contribution in [2.75, 3.05) is 18.5 Å². The van der Waals surface area contributed by atoms with Gasteiger partial charge in [-0.05, 0) is 32.4 Å². The van der Waals surface area contributed by atoms with Crippen molar-refractivity contribution < 1.29 is 13.5 Å². The Morgan fingerprint density at radius 1 is 1.30 bits per heavy atom. The standard InChI is InChI=1S/C12H17F2N5O/c1-8(2)20-7-3-6-15-9-4-5-10-16-17-12(11(13)14)19(10)18-9/h4-5,8,11H,3,6-7H2,1-2H3,(H,15,18).